The summed E-state index contributed by atoms with van der Waals surface area (Å²) in [6.45, 7) is 17.6. The van der Waals surface area contributed by atoms with E-state index >= 15 is 0 Å². The van der Waals surface area contributed by atoms with Crippen LogP contribution < -0.4 is 25.6 Å². The van der Waals surface area contributed by atoms with Crippen molar-refractivity contribution in [3.8, 4) is 11.8 Å². The number of rotatable bonds is 15. The van der Waals surface area contributed by atoms with Gasteiger partial charge in [0.1, 0.15) is 42.4 Å². The Hall–Kier alpha value is -4.98. The van der Waals surface area contributed by atoms with Crippen LogP contribution in [0.15, 0.2) is 60.8 Å². The molecule has 4 N–H and O–H groups in total. The number of carbonyl (C=O) groups is 4. The second kappa shape index (κ2) is 20.0. The maximum absolute atomic E-state index is 13.9. The summed E-state index contributed by atoms with van der Waals surface area (Å²) in [6.07, 6.45) is 0.613. The van der Waals surface area contributed by atoms with Crippen molar-refractivity contribution in [2.75, 3.05) is 57.4 Å². The van der Waals surface area contributed by atoms with Crippen LogP contribution in [-0.4, -0.2) is 126 Å². The molecule has 64 heavy (non-hydrogen) atoms. The highest BCUT2D eigenvalue weighted by atomic mass is 35.5. The number of hydrogen-bond acceptors (Lipinski definition) is 11. The number of aliphatic hydroxyl groups is 1. The lowest BCUT2D eigenvalue weighted by Gasteiger charge is -2.63. The van der Waals surface area contributed by atoms with E-state index in [-0.39, 0.29) is 50.1 Å². The number of nitrogens with zero attached hydrogens (tertiary/aromatic N) is 5. The van der Waals surface area contributed by atoms with Crippen LogP contribution in [0.5, 0.6) is 5.75 Å². The van der Waals surface area contributed by atoms with Crippen molar-refractivity contribution in [1.29, 1.82) is 5.26 Å². The maximum Gasteiger partial charge on any atom is 0.253 e. The van der Waals surface area contributed by atoms with Gasteiger partial charge in [-0.15, -0.1) is 0 Å². The van der Waals surface area contributed by atoms with Crippen LogP contribution in [-0.2, 0) is 25.7 Å². The van der Waals surface area contributed by atoms with Gasteiger partial charge >= 0.3 is 0 Å². The molecule has 17 heteroatoms. The molecule has 1 unspecified atom stereocenters. The van der Waals surface area contributed by atoms with Crippen molar-refractivity contribution in [3.05, 3.63) is 87.5 Å². The van der Waals surface area contributed by atoms with Crippen molar-refractivity contribution < 1.29 is 33.8 Å². The highest BCUT2D eigenvalue weighted by molar-refractivity contribution is 6.31. The van der Waals surface area contributed by atoms with Crippen molar-refractivity contribution in [2.45, 2.75) is 91.8 Å². The van der Waals surface area contributed by atoms with E-state index in [1.54, 1.807) is 54.7 Å². The molecule has 15 nitrogen and oxygen atoms in total. The number of aliphatic hydroxyl groups excluding tert-OH is 1. The summed E-state index contributed by atoms with van der Waals surface area (Å²) in [7, 11) is 0. The third-order valence-corrected chi connectivity index (χ3v) is 13.1. The number of hydrogen-bond donors (Lipinski definition) is 4. The topological polar surface area (TPSA) is 189 Å². The van der Waals surface area contributed by atoms with E-state index in [1.807, 2.05) is 26.8 Å². The molecule has 3 heterocycles. The van der Waals surface area contributed by atoms with Gasteiger partial charge in [-0.3, -0.25) is 24.1 Å². The molecule has 2 aromatic carbocycles. The average Bonchev–Trinajstić information content (AvgIpc) is 3.66. The van der Waals surface area contributed by atoms with Gasteiger partial charge in [-0.25, -0.2) is 4.98 Å². The van der Waals surface area contributed by atoms with E-state index in [0.29, 0.717) is 40.1 Å². The molecule has 3 aliphatic rings. The zero-order chi connectivity index (χ0) is 46.6. The van der Waals surface area contributed by atoms with Crippen LogP contribution in [0.4, 0.5) is 5.82 Å². The molecule has 0 radical (unpaired) electrons. The molecule has 1 saturated carbocycles. The maximum atomic E-state index is 13.9. The third kappa shape index (κ3) is 11.3. The van der Waals surface area contributed by atoms with Crippen LogP contribution in [0.1, 0.15) is 76.4 Å². The lowest BCUT2D eigenvalue weighted by Crippen LogP contribution is -2.74. The molecular formula is C47H60Cl2N8O7. The minimum absolute atomic E-state index is 0.0153. The molecule has 6 rings (SSSR count). The number of nitrogens with one attached hydrogen (secondary N) is 3. The van der Waals surface area contributed by atoms with E-state index in [1.165, 1.54) is 4.90 Å². The Labute approximate surface area is 385 Å². The quantitative estimate of drug-likeness (QED) is 0.153. The Bertz CT molecular complexity index is 2190. The first-order valence-corrected chi connectivity index (χ1v) is 22.4. The van der Waals surface area contributed by atoms with Gasteiger partial charge in [0.15, 0.2) is 0 Å². The lowest BCUT2D eigenvalue weighted by molar-refractivity contribution is -0.164. The van der Waals surface area contributed by atoms with Gasteiger partial charge in [0.2, 0.25) is 17.7 Å². The van der Waals surface area contributed by atoms with Gasteiger partial charge in [0.05, 0.1) is 28.9 Å². The normalized spacial score (nSPS) is 22.1. The number of ether oxygens (including phenoxy) is 2. The summed E-state index contributed by atoms with van der Waals surface area (Å²) in [6, 6.07) is 15.8. The number of halogens is 2. The zero-order valence-electron chi connectivity index (χ0n) is 37.6. The summed E-state index contributed by atoms with van der Waals surface area (Å²) < 4.78 is 12.1. The number of benzene rings is 2. The number of β-amino-alcohol motifs (C(OH)–C–C–N with tert-alkyl or cyclic N) is 1. The average molecular weight is 920 g/mol. The van der Waals surface area contributed by atoms with Gasteiger partial charge in [0.25, 0.3) is 5.91 Å². The predicted octanol–water partition coefficient (Wildman–Crippen LogP) is 4.82. The monoisotopic (exact) mass is 918 g/mol. The van der Waals surface area contributed by atoms with Gasteiger partial charge in [-0.2, -0.15) is 5.26 Å². The molecule has 344 valence electrons. The Kier molecular flexibility index (Phi) is 15.2. The molecule has 2 saturated heterocycles. The molecule has 2 aliphatic heterocycles. The van der Waals surface area contributed by atoms with Crippen molar-refractivity contribution >= 4 is 52.6 Å². The van der Waals surface area contributed by atoms with Gasteiger partial charge in [-0.1, -0.05) is 83.8 Å². The fourth-order valence-electron chi connectivity index (χ4n) is 9.31. The Balaban J connectivity index is 0.916. The predicted molar refractivity (Wildman–Crippen MR) is 244 cm³/mol. The number of nitriles is 1. The summed E-state index contributed by atoms with van der Waals surface area (Å²) in [4.78, 5) is 64.1. The van der Waals surface area contributed by atoms with Crippen LogP contribution in [0, 0.1) is 27.6 Å². The fraction of sp³-hybridized carbons (Fsp3) is 0.532. The molecule has 1 aromatic heterocycles. The molecule has 0 spiro atoms. The fourth-order valence-corrected chi connectivity index (χ4v) is 9.65. The van der Waals surface area contributed by atoms with Crippen molar-refractivity contribution in [3.63, 3.8) is 0 Å². The Morgan fingerprint density at radius 3 is 2.28 bits per heavy atom. The summed E-state index contributed by atoms with van der Waals surface area (Å²) >= 11 is 12.2. The van der Waals surface area contributed by atoms with Crippen LogP contribution in [0.2, 0.25) is 10.0 Å². The highest BCUT2D eigenvalue weighted by Crippen LogP contribution is 2.55. The molecule has 1 aliphatic carbocycles. The van der Waals surface area contributed by atoms with E-state index in [9.17, 15) is 29.5 Å². The SMILES string of the molecule is CC(C)(C)C(NC(=O)COCCN1CCN(c2ccc(C(=O)NC3C(C)(C)C(Oc4ccc(C#N)c(Cl)c4)C3(C)C)cn2)CC1)C(=O)N1C[C@H](O)C[C@H]1C(=O)NCc1ccc(Cl)cc1. The van der Waals surface area contributed by atoms with Crippen molar-refractivity contribution in [2.24, 2.45) is 16.2 Å². The highest BCUT2D eigenvalue weighted by Gasteiger charge is 2.64. The number of aromatic nitrogens is 1. The van der Waals surface area contributed by atoms with Crippen LogP contribution in [0.25, 0.3) is 0 Å². The Morgan fingerprint density at radius 1 is 0.984 bits per heavy atom. The van der Waals surface area contributed by atoms with Crippen LogP contribution in [0.3, 0.4) is 0 Å². The largest absolute Gasteiger partial charge is 0.489 e. The van der Waals surface area contributed by atoms with Crippen molar-refractivity contribution in [1.82, 2.24) is 30.7 Å². The summed E-state index contributed by atoms with van der Waals surface area (Å²) in [5, 5.41) is 29.5. The van der Waals surface area contributed by atoms with E-state index in [0.717, 1.165) is 37.6 Å². The summed E-state index contributed by atoms with van der Waals surface area (Å²) in [5.41, 5.74) is 0.198. The first-order valence-electron chi connectivity index (χ1n) is 21.7. The molecule has 3 fully saturated rings. The lowest BCUT2D eigenvalue weighted by atomic mass is 9.49. The van der Waals surface area contributed by atoms with Gasteiger partial charge < -0.3 is 40.3 Å². The van der Waals surface area contributed by atoms with E-state index in [2.05, 4.69) is 64.5 Å². The second-order valence-electron chi connectivity index (χ2n) is 19.2. The number of amides is 4. The molecule has 0 bridgehead atoms. The molecule has 4 amide bonds. The smallest absolute Gasteiger partial charge is 0.253 e. The molecular weight excluding hydrogens is 859 g/mol. The van der Waals surface area contributed by atoms with E-state index < -0.39 is 46.2 Å². The number of pyridine rings is 1. The van der Waals surface area contributed by atoms with Crippen LogP contribution >= 0.6 is 23.2 Å². The third-order valence-electron chi connectivity index (χ3n) is 12.6. The van der Waals surface area contributed by atoms with Gasteiger partial charge in [-0.05, 0) is 47.4 Å². The standard InChI is InChI=1S/C47H60Cl2N8O7/c1-45(2,3)39(42(62)57-27-33(58)22-36(57)41(61)52-25-29-8-12-32(48)13-9-29)53-38(59)28-63-21-20-55-16-18-56(19-17-55)37-15-11-31(26-51-37)40(60)54-43-46(4,5)44(47(43,6)7)64-34-14-10-30(24-50)35(49)23-34/h8-15,23,26,33,36,39,43-44,58H,16-22,25,27-28H2,1-7H3,(H,52,61)(H,53,59)(H,54,60)/t33-,36+,39?,43?,44?/m1/s1. The first-order chi connectivity index (χ1) is 30.2. The minimum atomic E-state index is -0.955. The zero-order valence-corrected chi connectivity index (χ0v) is 39.1. The summed E-state index contributed by atoms with van der Waals surface area (Å²) in [5.74, 6) is -0.138. The number of likely N-dealkylation sites (tertiary alicyclic amines) is 1. The number of piperazine rings is 1. The first kappa shape index (κ1) is 48.5. The molecule has 3 atom stereocenters. The second-order valence-corrected chi connectivity index (χ2v) is 20.0. The number of carbonyl (C=O) groups excluding carboxylic acids is 4. The minimum Gasteiger partial charge on any atom is -0.489 e. The molecule has 3 aromatic rings. The van der Waals surface area contributed by atoms with E-state index in [4.69, 9.17) is 32.7 Å². The van der Waals surface area contributed by atoms with Gasteiger partial charge in [0, 0.05) is 86.4 Å². The Morgan fingerprint density at radius 2 is 1.67 bits per heavy atom. The number of anilines is 1.